The molecule has 0 rings (SSSR count). The maximum absolute atomic E-state index is 11.3. The van der Waals surface area contributed by atoms with Crippen LogP contribution in [0.2, 0.25) is 0 Å². The van der Waals surface area contributed by atoms with E-state index in [0.717, 1.165) is 26.4 Å². The molecule has 0 atom stereocenters. The number of hydrogen-bond donors (Lipinski definition) is 0. The zero-order valence-corrected chi connectivity index (χ0v) is 9.15. The van der Waals surface area contributed by atoms with Gasteiger partial charge in [-0.25, -0.2) is 4.79 Å². The number of ether oxygens (including phenoxy) is 1. The third-order valence-electron chi connectivity index (χ3n) is 2.00. The molecule has 0 aliphatic heterocycles. The number of methoxy groups -OCH3 is 1. The SMILES string of the molecule is CCCCCCC(=O)C(=[N+]=[N-])C(=O)OC. The standard InChI is InChI=1S/C10H16N2O3/c1-3-4-5-6-7-8(13)9(12-11)10(14)15-2/h3-7H2,1-2H3. The lowest BCUT2D eigenvalue weighted by Gasteiger charge is -1.96. The molecular weight excluding hydrogens is 196 g/mol. The summed E-state index contributed by atoms with van der Waals surface area (Å²) in [6, 6.07) is 0. The summed E-state index contributed by atoms with van der Waals surface area (Å²) >= 11 is 0. The number of carbonyl (C=O) groups excluding carboxylic acids is 2. The minimum Gasteiger partial charge on any atom is -0.460 e. The van der Waals surface area contributed by atoms with Crippen LogP contribution in [0.15, 0.2) is 0 Å². The summed E-state index contributed by atoms with van der Waals surface area (Å²) in [5.74, 6) is -1.36. The van der Waals surface area contributed by atoms with E-state index in [1.807, 2.05) is 0 Å². The van der Waals surface area contributed by atoms with Gasteiger partial charge in [0.05, 0.1) is 7.11 Å². The summed E-state index contributed by atoms with van der Waals surface area (Å²) in [7, 11) is 1.14. The highest BCUT2D eigenvalue weighted by atomic mass is 16.5. The van der Waals surface area contributed by atoms with Crippen molar-refractivity contribution in [3.05, 3.63) is 5.53 Å². The minimum atomic E-state index is -0.891. The molecule has 0 saturated carbocycles. The number of unbranched alkanes of at least 4 members (excludes halogenated alkanes) is 3. The third kappa shape index (κ3) is 5.08. The highest BCUT2D eigenvalue weighted by Crippen LogP contribution is 2.03. The maximum atomic E-state index is 11.3. The average Bonchev–Trinajstić information content (AvgIpc) is 2.25. The van der Waals surface area contributed by atoms with Crippen molar-refractivity contribution in [3.63, 3.8) is 0 Å². The third-order valence-corrected chi connectivity index (χ3v) is 2.00. The summed E-state index contributed by atoms with van der Waals surface area (Å²) in [6.07, 6.45) is 3.97. The molecule has 0 aromatic carbocycles. The minimum absolute atomic E-state index is 0.217. The Balaban J connectivity index is 4.08. The van der Waals surface area contributed by atoms with E-state index in [1.54, 1.807) is 0 Å². The first-order valence-electron chi connectivity index (χ1n) is 5.00. The molecule has 0 N–H and O–H groups in total. The number of nitrogens with zero attached hydrogens (tertiary/aromatic N) is 2. The fourth-order valence-corrected chi connectivity index (χ4v) is 1.14. The lowest BCUT2D eigenvalue weighted by molar-refractivity contribution is -0.139. The largest absolute Gasteiger partial charge is 0.460 e. The summed E-state index contributed by atoms with van der Waals surface area (Å²) in [5, 5.41) is 0. The summed E-state index contributed by atoms with van der Waals surface area (Å²) in [6.45, 7) is 2.07. The quantitative estimate of drug-likeness (QED) is 0.160. The molecule has 84 valence electrons. The maximum Gasteiger partial charge on any atom is 0.441 e. The first-order valence-corrected chi connectivity index (χ1v) is 5.00. The molecular formula is C10H16N2O3. The lowest BCUT2D eigenvalue weighted by Crippen LogP contribution is -2.26. The van der Waals surface area contributed by atoms with Crippen molar-refractivity contribution in [2.45, 2.75) is 39.0 Å². The highest BCUT2D eigenvalue weighted by molar-refractivity contribution is 6.62. The Hall–Kier alpha value is -1.48. The van der Waals surface area contributed by atoms with Gasteiger partial charge in [0, 0.05) is 6.42 Å². The molecule has 0 aliphatic carbocycles. The van der Waals surface area contributed by atoms with Crippen molar-refractivity contribution in [1.29, 1.82) is 0 Å². The summed E-state index contributed by atoms with van der Waals surface area (Å²) in [4.78, 5) is 24.9. The van der Waals surface area contributed by atoms with E-state index in [0.29, 0.717) is 6.42 Å². The topological polar surface area (TPSA) is 79.8 Å². The Morgan fingerprint density at radius 2 is 1.93 bits per heavy atom. The van der Waals surface area contributed by atoms with Crippen LogP contribution in [-0.4, -0.2) is 29.4 Å². The van der Waals surface area contributed by atoms with E-state index in [2.05, 4.69) is 16.5 Å². The van der Waals surface area contributed by atoms with Crippen LogP contribution in [0.1, 0.15) is 39.0 Å². The fraction of sp³-hybridized carbons (Fsp3) is 0.700. The van der Waals surface area contributed by atoms with Gasteiger partial charge >= 0.3 is 11.7 Å². The molecule has 0 spiro atoms. The smallest absolute Gasteiger partial charge is 0.441 e. The van der Waals surface area contributed by atoms with Crippen molar-refractivity contribution >= 4 is 17.5 Å². The lowest BCUT2D eigenvalue weighted by atomic mass is 10.1. The van der Waals surface area contributed by atoms with Gasteiger partial charge in [0.25, 0.3) is 5.78 Å². The Morgan fingerprint density at radius 1 is 1.27 bits per heavy atom. The molecule has 0 fully saturated rings. The summed E-state index contributed by atoms with van der Waals surface area (Å²) < 4.78 is 4.30. The van der Waals surface area contributed by atoms with Crippen LogP contribution in [0.3, 0.4) is 0 Å². The van der Waals surface area contributed by atoms with Crippen molar-refractivity contribution < 1.29 is 19.1 Å². The first-order chi connectivity index (χ1) is 7.17. The second-order valence-electron chi connectivity index (χ2n) is 3.17. The van der Waals surface area contributed by atoms with Crippen LogP contribution in [0.5, 0.6) is 0 Å². The second-order valence-corrected chi connectivity index (χ2v) is 3.17. The van der Waals surface area contributed by atoms with Crippen LogP contribution >= 0.6 is 0 Å². The molecule has 0 amide bonds. The molecule has 0 aromatic rings. The second kappa shape index (κ2) is 7.88. The number of Topliss-reactive ketones (excluding diaryl/α,β-unsaturated/α-hetero) is 1. The van der Waals surface area contributed by atoms with Gasteiger partial charge in [-0.3, -0.25) is 4.79 Å². The Labute approximate surface area is 89.0 Å². The van der Waals surface area contributed by atoms with E-state index in [1.165, 1.54) is 0 Å². The van der Waals surface area contributed by atoms with Crippen LogP contribution < -0.4 is 0 Å². The first kappa shape index (κ1) is 13.5. The Morgan fingerprint density at radius 3 is 2.40 bits per heavy atom. The van der Waals surface area contributed by atoms with Gasteiger partial charge in [-0.05, 0) is 6.42 Å². The van der Waals surface area contributed by atoms with Crippen molar-refractivity contribution in [3.8, 4) is 0 Å². The summed E-state index contributed by atoms with van der Waals surface area (Å²) in [5.41, 5.74) is 7.95. The van der Waals surface area contributed by atoms with Gasteiger partial charge < -0.3 is 10.3 Å². The van der Waals surface area contributed by atoms with Gasteiger partial charge in [-0.1, -0.05) is 26.2 Å². The monoisotopic (exact) mass is 212 g/mol. The molecule has 0 heterocycles. The van der Waals surface area contributed by atoms with E-state index >= 15 is 0 Å². The van der Waals surface area contributed by atoms with E-state index in [4.69, 9.17) is 5.53 Å². The number of carbonyl (C=O) groups is 2. The van der Waals surface area contributed by atoms with Crippen LogP contribution in [0, 0.1) is 0 Å². The van der Waals surface area contributed by atoms with Crippen LogP contribution in [0.25, 0.3) is 5.53 Å². The zero-order chi connectivity index (χ0) is 11.7. The molecule has 0 unspecified atom stereocenters. The number of ketones is 1. The molecule has 0 aromatic heterocycles. The predicted molar refractivity (Wildman–Crippen MR) is 54.4 cm³/mol. The molecule has 0 aliphatic rings. The number of rotatable bonds is 7. The Bertz CT molecular complexity index is 280. The molecule has 15 heavy (non-hydrogen) atoms. The van der Waals surface area contributed by atoms with E-state index in [-0.39, 0.29) is 6.42 Å². The molecule has 0 saturated heterocycles. The molecule has 5 nitrogen and oxygen atoms in total. The van der Waals surface area contributed by atoms with Crippen molar-refractivity contribution in [1.82, 2.24) is 0 Å². The normalized spacial score (nSPS) is 9.20. The zero-order valence-electron chi connectivity index (χ0n) is 9.15. The van der Waals surface area contributed by atoms with Crippen molar-refractivity contribution in [2.75, 3.05) is 7.11 Å². The predicted octanol–water partition coefficient (Wildman–Crippen LogP) is 1.37. The molecule has 0 bridgehead atoms. The molecule has 0 radical (unpaired) electrons. The van der Waals surface area contributed by atoms with Gasteiger partial charge in [-0.15, -0.1) is 0 Å². The van der Waals surface area contributed by atoms with Crippen LogP contribution in [-0.2, 0) is 14.3 Å². The van der Waals surface area contributed by atoms with Gasteiger partial charge in [0.15, 0.2) is 0 Å². The van der Waals surface area contributed by atoms with Gasteiger partial charge in [0.2, 0.25) is 0 Å². The van der Waals surface area contributed by atoms with Gasteiger partial charge in [-0.2, -0.15) is 4.79 Å². The average molecular weight is 212 g/mol. The fourth-order valence-electron chi connectivity index (χ4n) is 1.14. The molecule has 5 heteroatoms. The van der Waals surface area contributed by atoms with Gasteiger partial charge in [0.1, 0.15) is 0 Å². The number of hydrogen-bond acceptors (Lipinski definition) is 3. The van der Waals surface area contributed by atoms with E-state index < -0.39 is 17.5 Å². The Kier molecular flexibility index (Phi) is 7.10. The number of esters is 1. The van der Waals surface area contributed by atoms with E-state index in [9.17, 15) is 9.59 Å². The highest BCUT2D eigenvalue weighted by Gasteiger charge is 2.29. The van der Waals surface area contributed by atoms with Crippen molar-refractivity contribution in [2.24, 2.45) is 0 Å². The van der Waals surface area contributed by atoms with Crippen LogP contribution in [0.4, 0.5) is 0 Å².